The summed E-state index contributed by atoms with van der Waals surface area (Å²) in [5.41, 5.74) is 0.981. The monoisotopic (exact) mass is 500 g/mol. The molecule has 168 valence electrons. The van der Waals surface area contributed by atoms with Crippen LogP contribution in [0.4, 0.5) is 11.4 Å². The standard InChI is InChI=1S/C24H18Cl2N2O4S/c1-31-18-11-16(23(29)27-14-9-7-13(25)8-10-14)17(12-19(18)32-2)28-24(30)22-21(26)15-5-3-4-6-20(15)33-22/h3-12H,1-2H3,(H,27,29)(H,28,30). The van der Waals surface area contributed by atoms with E-state index in [1.165, 1.54) is 37.7 Å². The Labute approximate surface area is 204 Å². The van der Waals surface area contributed by atoms with E-state index in [1.807, 2.05) is 24.3 Å². The Hall–Kier alpha value is -3.26. The van der Waals surface area contributed by atoms with Crippen LogP contribution in [0.5, 0.6) is 11.5 Å². The Morgan fingerprint density at radius 1 is 0.848 bits per heavy atom. The SMILES string of the molecule is COc1cc(NC(=O)c2sc3ccccc3c2Cl)c(C(=O)Nc2ccc(Cl)cc2)cc1OC. The third-order valence-electron chi connectivity index (χ3n) is 4.86. The summed E-state index contributed by atoms with van der Waals surface area (Å²) in [7, 11) is 2.94. The lowest BCUT2D eigenvalue weighted by Gasteiger charge is -2.15. The van der Waals surface area contributed by atoms with Gasteiger partial charge in [0.05, 0.1) is 30.5 Å². The number of fused-ring (bicyclic) bond motifs is 1. The van der Waals surface area contributed by atoms with E-state index in [4.69, 9.17) is 32.7 Å². The van der Waals surface area contributed by atoms with Crippen molar-refractivity contribution in [2.45, 2.75) is 0 Å². The predicted octanol–water partition coefficient (Wildman–Crippen LogP) is 6.73. The molecular formula is C24H18Cl2N2O4S. The van der Waals surface area contributed by atoms with Crippen LogP contribution in [0.1, 0.15) is 20.0 Å². The molecule has 9 heteroatoms. The molecule has 2 amide bonds. The summed E-state index contributed by atoms with van der Waals surface area (Å²) in [4.78, 5) is 26.6. The van der Waals surface area contributed by atoms with Crippen LogP contribution in [0.2, 0.25) is 10.0 Å². The maximum absolute atomic E-state index is 13.1. The molecule has 33 heavy (non-hydrogen) atoms. The maximum atomic E-state index is 13.1. The molecule has 0 fully saturated rings. The van der Waals surface area contributed by atoms with Crippen LogP contribution in [0.3, 0.4) is 0 Å². The fourth-order valence-electron chi connectivity index (χ4n) is 3.24. The zero-order chi connectivity index (χ0) is 23.5. The molecule has 4 rings (SSSR count). The van der Waals surface area contributed by atoms with Gasteiger partial charge in [-0.3, -0.25) is 9.59 Å². The average molecular weight is 501 g/mol. The Bertz CT molecular complexity index is 1350. The topological polar surface area (TPSA) is 76.7 Å². The summed E-state index contributed by atoms with van der Waals surface area (Å²) < 4.78 is 11.6. The molecule has 0 saturated heterocycles. The third-order valence-corrected chi connectivity index (χ3v) is 6.79. The summed E-state index contributed by atoms with van der Waals surface area (Å²) in [5, 5.41) is 7.30. The van der Waals surface area contributed by atoms with Crippen molar-refractivity contribution < 1.29 is 19.1 Å². The van der Waals surface area contributed by atoms with E-state index in [0.29, 0.717) is 32.1 Å². The van der Waals surface area contributed by atoms with Gasteiger partial charge in [0.2, 0.25) is 0 Å². The molecule has 0 bridgehead atoms. The number of anilines is 2. The van der Waals surface area contributed by atoms with Crippen molar-refractivity contribution in [3.8, 4) is 11.5 Å². The zero-order valence-electron chi connectivity index (χ0n) is 17.6. The van der Waals surface area contributed by atoms with Crippen LogP contribution in [0, 0.1) is 0 Å². The number of ether oxygens (including phenoxy) is 2. The molecule has 0 aliphatic rings. The molecule has 3 aromatic carbocycles. The molecule has 2 N–H and O–H groups in total. The Morgan fingerprint density at radius 3 is 2.18 bits per heavy atom. The first-order valence-corrected chi connectivity index (χ1v) is 11.3. The van der Waals surface area contributed by atoms with Gasteiger partial charge >= 0.3 is 0 Å². The Morgan fingerprint density at radius 2 is 1.52 bits per heavy atom. The largest absolute Gasteiger partial charge is 0.493 e. The number of rotatable bonds is 6. The van der Waals surface area contributed by atoms with Crippen molar-refractivity contribution in [2.24, 2.45) is 0 Å². The van der Waals surface area contributed by atoms with Crippen LogP contribution < -0.4 is 20.1 Å². The van der Waals surface area contributed by atoms with E-state index in [1.54, 1.807) is 24.3 Å². The molecule has 0 aliphatic heterocycles. The van der Waals surface area contributed by atoms with Gasteiger partial charge in [-0.25, -0.2) is 0 Å². The summed E-state index contributed by atoms with van der Waals surface area (Å²) in [6.45, 7) is 0. The molecule has 0 radical (unpaired) electrons. The average Bonchev–Trinajstić information content (AvgIpc) is 3.17. The fourth-order valence-corrected chi connectivity index (χ4v) is 4.78. The normalized spacial score (nSPS) is 10.7. The molecule has 6 nitrogen and oxygen atoms in total. The van der Waals surface area contributed by atoms with E-state index >= 15 is 0 Å². The quantitative estimate of drug-likeness (QED) is 0.307. The number of methoxy groups -OCH3 is 2. The van der Waals surface area contributed by atoms with Crippen molar-refractivity contribution in [3.63, 3.8) is 0 Å². The van der Waals surface area contributed by atoms with Gasteiger partial charge in [-0.1, -0.05) is 41.4 Å². The number of amides is 2. The van der Waals surface area contributed by atoms with Crippen LogP contribution in [-0.2, 0) is 0 Å². The molecule has 0 saturated carbocycles. The molecule has 4 aromatic rings. The molecule has 0 spiro atoms. The minimum absolute atomic E-state index is 0.188. The van der Waals surface area contributed by atoms with Gasteiger partial charge in [-0.2, -0.15) is 0 Å². The third kappa shape index (κ3) is 4.75. The van der Waals surface area contributed by atoms with Gasteiger partial charge < -0.3 is 20.1 Å². The first-order chi connectivity index (χ1) is 15.9. The number of thiophene rings is 1. The first kappa shape index (κ1) is 22.9. The molecule has 0 unspecified atom stereocenters. The van der Waals surface area contributed by atoms with Crippen LogP contribution >= 0.6 is 34.5 Å². The predicted molar refractivity (Wildman–Crippen MR) is 134 cm³/mol. The van der Waals surface area contributed by atoms with Crippen molar-refractivity contribution in [1.82, 2.24) is 0 Å². The second-order valence-corrected chi connectivity index (χ2v) is 8.78. The molecule has 0 aliphatic carbocycles. The summed E-state index contributed by atoms with van der Waals surface area (Å²) in [6, 6.07) is 17.2. The van der Waals surface area contributed by atoms with Crippen molar-refractivity contribution in [2.75, 3.05) is 24.9 Å². The molecule has 1 heterocycles. The van der Waals surface area contributed by atoms with E-state index in [9.17, 15) is 9.59 Å². The van der Waals surface area contributed by atoms with Gasteiger partial charge in [0, 0.05) is 26.9 Å². The number of carbonyl (C=O) groups excluding carboxylic acids is 2. The highest BCUT2D eigenvalue weighted by Gasteiger charge is 2.22. The number of halogens is 2. The highest BCUT2D eigenvalue weighted by molar-refractivity contribution is 7.21. The number of nitrogens with one attached hydrogen (secondary N) is 2. The van der Waals surface area contributed by atoms with Gasteiger partial charge in [0.25, 0.3) is 11.8 Å². The zero-order valence-corrected chi connectivity index (χ0v) is 19.9. The Balaban J connectivity index is 1.71. The van der Waals surface area contributed by atoms with E-state index in [2.05, 4.69) is 10.6 Å². The lowest BCUT2D eigenvalue weighted by Crippen LogP contribution is -2.18. The minimum atomic E-state index is -0.448. The van der Waals surface area contributed by atoms with E-state index in [0.717, 1.165) is 10.1 Å². The summed E-state index contributed by atoms with van der Waals surface area (Å²) in [6.07, 6.45) is 0. The maximum Gasteiger partial charge on any atom is 0.267 e. The van der Waals surface area contributed by atoms with E-state index in [-0.39, 0.29) is 11.3 Å². The fraction of sp³-hybridized carbons (Fsp3) is 0.0833. The van der Waals surface area contributed by atoms with Crippen LogP contribution in [0.15, 0.2) is 60.7 Å². The Kier molecular flexibility index (Phi) is 6.74. The van der Waals surface area contributed by atoms with Gasteiger partial charge in [-0.05, 0) is 36.4 Å². The number of hydrogen-bond acceptors (Lipinski definition) is 5. The highest BCUT2D eigenvalue weighted by Crippen LogP contribution is 2.37. The van der Waals surface area contributed by atoms with Crippen molar-refractivity contribution in [3.05, 3.63) is 81.1 Å². The minimum Gasteiger partial charge on any atom is -0.493 e. The second kappa shape index (κ2) is 9.70. The summed E-state index contributed by atoms with van der Waals surface area (Å²) in [5.74, 6) is -0.181. The first-order valence-electron chi connectivity index (χ1n) is 9.72. The summed E-state index contributed by atoms with van der Waals surface area (Å²) >= 11 is 13.7. The van der Waals surface area contributed by atoms with Gasteiger partial charge in [0.1, 0.15) is 4.88 Å². The smallest absolute Gasteiger partial charge is 0.267 e. The van der Waals surface area contributed by atoms with Crippen LogP contribution in [0.25, 0.3) is 10.1 Å². The lowest BCUT2D eigenvalue weighted by atomic mass is 10.1. The van der Waals surface area contributed by atoms with E-state index < -0.39 is 11.8 Å². The van der Waals surface area contributed by atoms with Gasteiger partial charge in [-0.15, -0.1) is 11.3 Å². The van der Waals surface area contributed by atoms with Crippen molar-refractivity contribution in [1.29, 1.82) is 0 Å². The van der Waals surface area contributed by atoms with Crippen LogP contribution in [-0.4, -0.2) is 26.0 Å². The van der Waals surface area contributed by atoms with Crippen molar-refractivity contribution >= 4 is 67.8 Å². The molecule has 0 atom stereocenters. The highest BCUT2D eigenvalue weighted by atomic mass is 35.5. The molecule has 1 aromatic heterocycles. The number of hydrogen-bond donors (Lipinski definition) is 2. The lowest BCUT2D eigenvalue weighted by molar-refractivity contribution is 0.102. The number of benzene rings is 3. The number of carbonyl (C=O) groups is 2. The second-order valence-electron chi connectivity index (χ2n) is 6.91. The molecular weight excluding hydrogens is 483 g/mol. The van der Waals surface area contributed by atoms with Gasteiger partial charge in [0.15, 0.2) is 11.5 Å².